The van der Waals surface area contributed by atoms with Crippen molar-refractivity contribution < 1.29 is 23.5 Å². The van der Waals surface area contributed by atoms with Crippen LogP contribution in [0.15, 0.2) is 42.5 Å². The standard InChI is InChI=1S/C19H18F2N2O3/c20-15-5-6-16(21)17(12-15)22-7-9-23(10-8-22)18(24)11-13-1-3-14(4-2-13)19(25)26/h1-6,12H,7-11H2,(H,25,26). The third kappa shape index (κ3) is 3.99. The van der Waals surface area contributed by atoms with Crippen LogP contribution in [0.3, 0.4) is 0 Å². The zero-order valence-electron chi connectivity index (χ0n) is 14.0. The summed E-state index contributed by atoms with van der Waals surface area (Å²) in [6.45, 7) is 1.68. The average molecular weight is 360 g/mol. The number of rotatable bonds is 4. The molecule has 0 bridgehead atoms. The van der Waals surface area contributed by atoms with E-state index < -0.39 is 17.6 Å². The van der Waals surface area contributed by atoms with Crippen molar-refractivity contribution in [2.75, 3.05) is 31.1 Å². The van der Waals surface area contributed by atoms with E-state index in [0.29, 0.717) is 26.2 Å². The number of carbonyl (C=O) groups is 2. The molecular formula is C19H18F2N2O3. The van der Waals surface area contributed by atoms with Gasteiger partial charge in [-0.1, -0.05) is 12.1 Å². The van der Waals surface area contributed by atoms with Gasteiger partial charge in [-0.15, -0.1) is 0 Å². The highest BCUT2D eigenvalue weighted by Gasteiger charge is 2.23. The van der Waals surface area contributed by atoms with Crippen LogP contribution in [0.1, 0.15) is 15.9 Å². The Bertz CT molecular complexity index is 816. The van der Waals surface area contributed by atoms with E-state index >= 15 is 0 Å². The summed E-state index contributed by atoms with van der Waals surface area (Å²) in [6, 6.07) is 9.53. The third-order valence-corrected chi connectivity index (χ3v) is 4.44. The smallest absolute Gasteiger partial charge is 0.335 e. The molecule has 0 spiro atoms. The number of amides is 1. The van der Waals surface area contributed by atoms with E-state index in [9.17, 15) is 18.4 Å². The first-order chi connectivity index (χ1) is 12.4. The largest absolute Gasteiger partial charge is 0.478 e. The van der Waals surface area contributed by atoms with Gasteiger partial charge < -0.3 is 14.9 Å². The Hall–Kier alpha value is -2.96. The number of hydrogen-bond donors (Lipinski definition) is 1. The van der Waals surface area contributed by atoms with Gasteiger partial charge in [0.15, 0.2) is 0 Å². The second-order valence-electron chi connectivity index (χ2n) is 6.14. The van der Waals surface area contributed by atoms with Crippen molar-refractivity contribution in [1.29, 1.82) is 0 Å². The second kappa shape index (κ2) is 7.51. The lowest BCUT2D eigenvalue weighted by atomic mass is 10.1. The summed E-state index contributed by atoms with van der Waals surface area (Å²) in [6.07, 6.45) is 0.175. The number of benzene rings is 2. The molecule has 2 aromatic carbocycles. The molecular weight excluding hydrogens is 342 g/mol. The molecule has 0 atom stereocenters. The Balaban J connectivity index is 1.58. The highest BCUT2D eigenvalue weighted by Crippen LogP contribution is 2.22. The average Bonchev–Trinajstić information content (AvgIpc) is 2.64. The monoisotopic (exact) mass is 360 g/mol. The lowest BCUT2D eigenvalue weighted by Gasteiger charge is -2.36. The molecule has 1 fully saturated rings. The van der Waals surface area contributed by atoms with Crippen molar-refractivity contribution in [1.82, 2.24) is 4.90 Å². The van der Waals surface area contributed by atoms with E-state index in [-0.39, 0.29) is 23.6 Å². The second-order valence-corrected chi connectivity index (χ2v) is 6.14. The molecule has 7 heteroatoms. The number of halogens is 2. The number of carbonyl (C=O) groups excluding carboxylic acids is 1. The van der Waals surface area contributed by atoms with Crippen LogP contribution in [-0.2, 0) is 11.2 Å². The normalized spacial score (nSPS) is 14.4. The molecule has 1 aliphatic heterocycles. The topological polar surface area (TPSA) is 60.9 Å². The molecule has 3 rings (SSSR count). The van der Waals surface area contributed by atoms with E-state index in [0.717, 1.165) is 23.8 Å². The molecule has 0 unspecified atom stereocenters. The van der Waals surface area contributed by atoms with Gasteiger partial charge in [-0.2, -0.15) is 0 Å². The number of carboxylic acid groups (broad SMARTS) is 1. The number of carboxylic acids is 1. The van der Waals surface area contributed by atoms with Crippen LogP contribution in [0.25, 0.3) is 0 Å². The molecule has 1 heterocycles. The first-order valence-corrected chi connectivity index (χ1v) is 8.24. The molecule has 0 radical (unpaired) electrons. The summed E-state index contributed by atoms with van der Waals surface area (Å²) in [7, 11) is 0. The fraction of sp³-hybridized carbons (Fsp3) is 0.263. The van der Waals surface area contributed by atoms with Gasteiger partial charge in [0.25, 0.3) is 0 Å². The summed E-state index contributed by atoms with van der Waals surface area (Å²) in [4.78, 5) is 26.7. The van der Waals surface area contributed by atoms with E-state index in [1.54, 1.807) is 21.9 Å². The molecule has 2 aromatic rings. The lowest BCUT2D eigenvalue weighted by Crippen LogP contribution is -2.49. The van der Waals surface area contributed by atoms with E-state index in [2.05, 4.69) is 0 Å². The number of hydrogen-bond acceptors (Lipinski definition) is 3. The lowest BCUT2D eigenvalue weighted by molar-refractivity contribution is -0.130. The molecule has 136 valence electrons. The van der Waals surface area contributed by atoms with E-state index in [4.69, 9.17) is 5.11 Å². The van der Waals surface area contributed by atoms with Crippen LogP contribution >= 0.6 is 0 Å². The van der Waals surface area contributed by atoms with Crippen molar-refractivity contribution >= 4 is 17.6 Å². The zero-order chi connectivity index (χ0) is 18.7. The van der Waals surface area contributed by atoms with E-state index in [1.807, 2.05) is 0 Å². The molecule has 5 nitrogen and oxygen atoms in total. The number of nitrogens with zero attached hydrogens (tertiary/aromatic N) is 2. The van der Waals surface area contributed by atoms with Gasteiger partial charge in [-0.25, -0.2) is 13.6 Å². The molecule has 0 saturated carbocycles. The minimum absolute atomic E-state index is 0.0764. The zero-order valence-corrected chi connectivity index (χ0v) is 14.0. The molecule has 1 amide bonds. The van der Waals surface area contributed by atoms with E-state index in [1.165, 1.54) is 12.1 Å². The first-order valence-electron chi connectivity index (χ1n) is 8.24. The van der Waals surface area contributed by atoms with Gasteiger partial charge in [0.1, 0.15) is 11.6 Å². The molecule has 0 aliphatic carbocycles. The molecule has 1 saturated heterocycles. The van der Waals surface area contributed by atoms with Gasteiger partial charge >= 0.3 is 5.97 Å². The first kappa shape index (κ1) is 17.8. The fourth-order valence-electron chi connectivity index (χ4n) is 2.98. The van der Waals surface area contributed by atoms with Gasteiger partial charge in [0.2, 0.25) is 5.91 Å². The third-order valence-electron chi connectivity index (χ3n) is 4.44. The minimum atomic E-state index is -1.01. The van der Waals surface area contributed by atoms with Crippen LogP contribution < -0.4 is 4.90 Å². The van der Waals surface area contributed by atoms with Gasteiger partial charge in [-0.05, 0) is 29.8 Å². The highest BCUT2D eigenvalue weighted by molar-refractivity contribution is 5.87. The maximum Gasteiger partial charge on any atom is 0.335 e. The van der Waals surface area contributed by atoms with Crippen molar-refractivity contribution in [3.63, 3.8) is 0 Å². The molecule has 0 aromatic heterocycles. The quantitative estimate of drug-likeness (QED) is 0.910. The predicted octanol–water partition coefficient (Wildman–Crippen LogP) is 2.55. The van der Waals surface area contributed by atoms with Crippen molar-refractivity contribution in [3.05, 3.63) is 65.2 Å². The summed E-state index contributed by atoms with van der Waals surface area (Å²) in [5.41, 5.74) is 1.12. The van der Waals surface area contributed by atoms with Crippen LogP contribution in [0, 0.1) is 11.6 Å². The molecule has 1 aliphatic rings. The van der Waals surface area contributed by atoms with Crippen LogP contribution in [0.5, 0.6) is 0 Å². The Morgan fingerprint density at radius 2 is 1.62 bits per heavy atom. The predicted molar refractivity (Wildman–Crippen MR) is 92.3 cm³/mol. The Morgan fingerprint density at radius 1 is 0.962 bits per heavy atom. The molecule has 1 N–H and O–H groups in total. The Morgan fingerprint density at radius 3 is 2.23 bits per heavy atom. The summed E-state index contributed by atoms with van der Waals surface area (Å²) in [5, 5.41) is 8.89. The van der Waals surface area contributed by atoms with Crippen LogP contribution in [-0.4, -0.2) is 48.1 Å². The van der Waals surface area contributed by atoms with Crippen LogP contribution in [0.2, 0.25) is 0 Å². The Kier molecular flexibility index (Phi) is 5.16. The maximum atomic E-state index is 13.9. The summed E-state index contributed by atoms with van der Waals surface area (Å²) in [5.74, 6) is -2.06. The minimum Gasteiger partial charge on any atom is -0.478 e. The summed E-state index contributed by atoms with van der Waals surface area (Å²) < 4.78 is 27.2. The Labute approximate surface area is 149 Å². The van der Waals surface area contributed by atoms with Crippen molar-refractivity contribution in [2.24, 2.45) is 0 Å². The number of anilines is 1. The van der Waals surface area contributed by atoms with Crippen molar-refractivity contribution in [3.8, 4) is 0 Å². The number of aromatic carboxylic acids is 1. The highest BCUT2D eigenvalue weighted by atomic mass is 19.1. The SMILES string of the molecule is O=C(O)c1ccc(CC(=O)N2CCN(c3cc(F)ccc3F)CC2)cc1. The van der Waals surface area contributed by atoms with Gasteiger partial charge in [0.05, 0.1) is 17.7 Å². The fourth-order valence-corrected chi connectivity index (χ4v) is 2.98. The number of piperazine rings is 1. The van der Waals surface area contributed by atoms with Crippen LogP contribution in [0.4, 0.5) is 14.5 Å². The summed E-state index contributed by atoms with van der Waals surface area (Å²) >= 11 is 0. The van der Waals surface area contributed by atoms with Crippen molar-refractivity contribution in [2.45, 2.75) is 6.42 Å². The maximum absolute atomic E-state index is 13.9. The molecule has 26 heavy (non-hydrogen) atoms. The van der Waals surface area contributed by atoms with Gasteiger partial charge in [0, 0.05) is 32.2 Å². The van der Waals surface area contributed by atoms with Gasteiger partial charge in [-0.3, -0.25) is 4.79 Å².